The van der Waals surface area contributed by atoms with Crippen LogP contribution in [0.15, 0.2) is 0 Å². The molecule has 0 saturated carbocycles. The highest BCUT2D eigenvalue weighted by Gasteiger charge is 2.18. The van der Waals surface area contributed by atoms with Gasteiger partial charge in [-0.3, -0.25) is 9.59 Å². The molecule has 0 radical (unpaired) electrons. The molecule has 0 bridgehead atoms. The zero-order chi connectivity index (χ0) is 40.8. The molecule has 318 valence electrons. The van der Waals surface area contributed by atoms with Crippen LogP contribution in [0.5, 0.6) is 0 Å². The highest BCUT2D eigenvalue weighted by atomic mass is 16.6. The molecule has 0 aromatic heterocycles. The van der Waals surface area contributed by atoms with Gasteiger partial charge >= 0.3 is 11.9 Å². The molecule has 0 aromatic rings. The first-order valence-corrected chi connectivity index (χ1v) is 23.4. The van der Waals surface area contributed by atoms with Crippen molar-refractivity contribution in [2.24, 2.45) is 0 Å². The molecule has 56 heavy (non-hydrogen) atoms. The van der Waals surface area contributed by atoms with Crippen molar-refractivity contribution in [3.8, 4) is 47.4 Å². The Morgan fingerprint density at radius 2 is 0.732 bits per heavy atom. The van der Waals surface area contributed by atoms with Crippen LogP contribution < -0.4 is 0 Å². The summed E-state index contributed by atoms with van der Waals surface area (Å²) >= 11 is 0. The Balaban J connectivity index is 3.80. The molecule has 0 aliphatic heterocycles. The van der Waals surface area contributed by atoms with E-state index in [4.69, 9.17) is 9.47 Å². The van der Waals surface area contributed by atoms with E-state index < -0.39 is 6.10 Å². The van der Waals surface area contributed by atoms with E-state index in [1.807, 2.05) is 19.0 Å². The third-order valence-corrected chi connectivity index (χ3v) is 9.95. The molecule has 0 aliphatic carbocycles. The standard InChI is InChI=1S/C51H85NO4/c1-5-7-9-11-13-15-17-19-21-23-25-27-29-31-33-35-37-39-41-43-45-50(53)55-48-49(47-52(3)4)56-51(54)46-44-42-40-38-36-34-32-30-28-26-24-22-20-18-16-14-12-10-8-6-2/h49H,5-22,31-48H2,1-4H3. The molecule has 0 saturated heterocycles. The predicted molar refractivity (Wildman–Crippen MR) is 239 cm³/mol. The number of hydrogen-bond acceptors (Lipinski definition) is 5. The Labute approximate surface area is 347 Å². The van der Waals surface area contributed by atoms with Crippen LogP contribution >= 0.6 is 0 Å². The van der Waals surface area contributed by atoms with Gasteiger partial charge in [0.15, 0.2) is 0 Å². The number of carbonyl (C=O) groups is 2. The summed E-state index contributed by atoms with van der Waals surface area (Å²) in [5, 5.41) is 0. The number of unbranched alkanes of at least 4 members (excludes halogenated alkanes) is 28. The van der Waals surface area contributed by atoms with Crippen molar-refractivity contribution in [2.45, 2.75) is 238 Å². The lowest BCUT2D eigenvalue weighted by molar-refractivity contribution is -0.160. The monoisotopic (exact) mass is 776 g/mol. The van der Waals surface area contributed by atoms with Crippen LogP contribution in [0.1, 0.15) is 232 Å². The maximum absolute atomic E-state index is 12.5. The summed E-state index contributed by atoms with van der Waals surface area (Å²) < 4.78 is 11.2. The lowest BCUT2D eigenvalue weighted by atomic mass is 10.1. The van der Waals surface area contributed by atoms with Gasteiger partial charge in [-0.25, -0.2) is 0 Å². The van der Waals surface area contributed by atoms with E-state index in [1.54, 1.807) is 0 Å². The number of ether oxygens (including phenoxy) is 2. The Bertz CT molecular complexity index is 1160. The molecule has 0 fully saturated rings. The molecule has 0 heterocycles. The van der Waals surface area contributed by atoms with E-state index in [1.165, 1.54) is 103 Å². The van der Waals surface area contributed by atoms with E-state index in [0.29, 0.717) is 19.4 Å². The molecule has 0 aromatic carbocycles. The van der Waals surface area contributed by atoms with Crippen LogP contribution in [-0.4, -0.2) is 50.2 Å². The maximum Gasteiger partial charge on any atom is 0.306 e. The molecule has 5 nitrogen and oxygen atoms in total. The first-order valence-electron chi connectivity index (χ1n) is 23.4. The van der Waals surface area contributed by atoms with Crippen molar-refractivity contribution in [3.63, 3.8) is 0 Å². The summed E-state index contributed by atoms with van der Waals surface area (Å²) in [6, 6.07) is 0. The van der Waals surface area contributed by atoms with Crippen molar-refractivity contribution < 1.29 is 19.1 Å². The molecule has 1 unspecified atom stereocenters. The van der Waals surface area contributed by atoms with Crippen molar-refractivity contribution in [2.75, 3.05) is 27.2 Å². The van der Waals surface area contributed by atoms with Crippen LogP contribution in [0.2, 0.25) is 0 Å². The normalized spacial score (nSPS) is 10.9. The molecule has 0 amide bonds. The van der Waals surface area contributed by atoms with Gasteiger partial charge in [0, 0.05) is 45.1 Å². The summed E-state index contributed by atoms with van der Waals surface area (Å²) in [4.78, 5) is 26.8. The van der Waals surface area contributed by atoms with E-state index in [-0.39, 0.29) is 18.5 Å². The topological polar surface area (TPSA) is 55.8 Å². The van der Waals surface area contributed by atoms with Crippen LogP contribution in [0.3, 0.4) is 0 Å². The fourth-order valence-corrected chi connectivity index (χ4v) is 6.54. The fourth-order valence-electron chi connectivity index (χ4n) is 6.54. The smallest absolute Gasteiger partial charge is 0.306 e. The van der Waals surface area contributed by atoms with Crippen LogP contribution in [0, 0.1) is 47.4 Å². The number of nitrogens with zero attached hydrogens (tertiary/aromatic N) is 1. The molecular formula is C51H85NO4. The second-order valence-corrected chi connectivity index (χ2v) is 16.0. The van der Waals surface area contributed by atoms with Crippen LogP contribution in [0.4, 0.5) is 0 Å². The van der Waals surface area contributed by atoms with E-state index in [0.717, 1.165) is 103 Å². The Hall–Kier alpha value is -2.86. The van der Waals surface area contributed by atoms with Gasteiger partial charge in [0.25, 0.3) is 0 Å². The van der Waals surface area contributed by atoms with Gasteiger partial charge in [-0.2, -0.15) is 0 Å². The highest BCUT2D eigenvalue weighted by Crippen LogP contribution is 2.13. The van der Waals surface area contributed by atoms with Gasteiger partial charge in [-0.15, -0.1) is 0 Å². The number of esters is 2. The maximum atomic E-state index is 12.5. The third kappa shape index (κ3) is 43.9. The minimum atomic E-state index is -0.443. The Kier molecular flexibility index (Phi) is 42.6. The highest BCUT2D eigenvalue weighted by molar-refractivity contribution is 5.70. The van der Waals surface area contributed by atoms with Crippen LogP contribution in [0.25, 0.3) is 0 Å². The van der Waals surface area contributed by atoms with Gasteiger partial charge < -0.3 is 14.4 Å². The fraction of sp³-hybridized carbons (Fsp3) is 0.804. The number of carbonyl (C=O) groups excluding carboxylic acids is 2. The van der Waals surface area contributed by atoms with Crippen molar-refractivity contribution in [1.82, 2.24) is 4.90 Å². The first kappa shape index (κ1) is 53.1. The molecule has 0 aliphatic rings. The summed E-state index contributed by atoms with van der Waals surface area (Å²) in [6.07, 6.45) is 38.2. The first-order chi connectivity index (χ1) is 27.5. The minimum absolute atomic E-state index is 0.112. The van der Waals surface area contributed by atoms with Gasteiger partial charge in [-0.1, -0.05) is 179 Å². The number of likely N-dealkylation sites (N-methyl/N-ethyl adjacent to an activating group) is 1. The van der Waals surface area contributed by atoms with Gasteiger partial charge in [-0.05, 0) is 76.3 Å². The molecule has 5 heteroatoms. The zero-order valence-corrected chi connectivity index (χ0v) is 37.1. The molecule has 0 N–H and O–H groups in total. The largest absolute Gasteiger partial charge is 0.462 e. The molecule has 1 atom stereocenters. The van der Waals surface area contributed by atoms with Gasteiger partial charge in [0.1, 0.15) is 12.7 Å². The molecule has 0 spiro atoms. The second-order valence-electron chi connectivity index (χ2n) is 16.0. The predicted octanol–water partition coefficient (Wildman–Crippen LogP) is 13.3. The lowest BCUT2D eigenvalue weighted by Gasteiger charge is -2.21. The summed E-state index contributed by atoms with van der Waals surface area (Å²) in [7, 11) is 3.86. The van der Waals surface area contributed by atoms with E-state index in [9.17, 15) is 9.59 Å². The Morgan fingerprint density at radius 3 is 1.07 bits per heavy atom. The average molecular weight is 776 g/mol. The average Bonchev–Trinajstić information content (AvgIpc) is 3.18. The van der Waals surface area contributed by atoms with Gasteiger partial charge in [0.05, 0.1) is 0 Å². The lowest BCUT2D eigenvalue weighted by Crippen LogP contribution is -2.34. The van der Waals surface area contributed by atoms with E-state index >= 15 is 0 Å². The minimum Gasteiger partial charge on any atom is -0.462 e. The Morgan fingerprint density at radius 1 is 0.429 bits per heavy atom. The summed E-state index contributed by atoms with van der Waals surface area (Å²) in [5.41, 5.74) is 0. The van der Waals surface area contributed by atoms with Crippen LogP contribution in [-0.2, 0) is 19.1 Å². The van der Waals surface area contributed by atoms with Crippen molar-refractivity contribution in [3.05, 3.63) is 0 Å². The quantitative estimate of drug-likeness (QED) is 0.0357. The molecule has 0 rings (SSSR count). The number of hydrogen-bond donors (Lipinski definition) is 0. The number of rotatable bonds is 37. The zero-order valence-electron chi connectivity index (χ0n) is 37.1. The summed E-state index contributed by atoms with van der Waals surface area (Å²) in [5.74, 6) is 24.4. The second kappa shape index (κ2) is 44.8. The van der Waals surface area contributed by atoms with Gasteiger partial charge in [0.2, 0.25) is 0 Å². The SMILES string of the molecule is CCCCCCCCCCC#CC#CCCCCCCCCC(=O)OCC(CN(C)C)OC(=O)CCCCCCCCC#CC#CCCCCCCCCCC. The van der Waals surface area contributed by atoms with Crippen molar-refractivity contribution >= 4 is 11.9 Å². The van der Waals surface area contributed by atoms with E-state index in [2.05, 4.69) is 61.2 Å². The third-order valence-electron chi connectivity index (χ3n) is 9.95. The summed E-state index contributed by atoms with van der Waals surface area (Å²) in [6.45, 7) is 5.17. The molecular weight excluding hydrogens is 691 g/mol. The van der Waals surface area contributed by atoms with Crippen molar-refractivity contribution in [1.29, 1.82) is 0 Å².